The Morgan fingerprint density at radius 1 is 1.30 bits per heavy atom. The van der Waals surface area contributed by atoms with Crippen LogP contribution in [0.5, 0.6) is 5.75 Å². The van der Waals surface area contributed by atoms with Crippen LogP contribution in [0.1, 0.15) is 29.7 Å². The van der Waals surface area contributed by atoms with Crippen molar-refractivity contribution in [1.82, 2.24) is 0 Å². The molecule has 2 nitrogen and oxygen atoms in total. The van der Waals surface area contributed by atoms with Gasteiger partial charge in [0.15, 0.2) is 0 Å². The molecule has 0 bridgehead atoms. The molecule has 0 saturated heterocycles. The van der Waals surface area contributed by atoms with Gasteiger partial charge in [-0.3, -0.25) is 0 Å². The first kappa shape index (κ1) is 13.5. The van der Waals surface area contributed by atoms with Crippen LogP contribution in [0.2, 0.25) is 5.02 Å². The first-order valence-corrected chi connectivity index (χ1v) is 7.29. The number of hydrogen-bond acceptors (Lipinski definition) is 2. The Hall–Kier alpha value is -1.51. The molecular weight excluding hydrogens is 270 g/mol. The van der Waals surface area contributed by atoms with Crippen molar-refractivity contribution >= 4 is 11.6 Å². The van der Waals surface area contributed by atoms with Crippen LogP contribution in [0.4, 0.5) is 0 Å². The van der Waals surface area contributed by atoms with E-state index in [0.29, 0.717) is 0 Å². The second-order valence-corrected chi connectivity index (χ2v) is 5.88. The van der Waals surface area contributed by atoms with Crippen LogP contribution in [0, 0.1) is 0 Å². The number of rotatable bonds is 3. The Morgan fingerprint density at radius 3 is 2.95 bits per heavy atom. The zero-order chi connectivity index (χ0) is 14.1. The molecule has 2 aromatic rings. The lowest BCUT2D eigenvalue weighted by atomic mass is 9.97. The molecule has 3 rings (SSSR count). The lowest BCUT2D eigenvalue weighted by molar-refractivity contribution is 0.254. The van der Waals surface area contributed by atoms with Crippen molar-refractivity contribution in [3.05, 3.63) is 64.2 Å². The molecule has 1 aliphatic heterocycles. The number of nitrogens with two attached hydrogens (primary N) is 1. The molecule has 0 aromatic heterocycles. The van der Waals surface area contributed by atoms with Crippen molar-refractivity contribution < 1.29 is 4.74 Å². The summed E-state index contributed by atoms with van der Waals surface area (Å²) in [4.78, 5) is 0. The molecule has 1 heterocycles. The van der Waals surface area contributed by atoms with Crippen LogP contribution in [-0.4, -0.2) is 6.10 Å². The zero-order valence-electron chi connectivity index (χ0n) is 11.5. The van der Waals surface area contributed by atoms with E-state index in [4.69, 9.17) is 22.1 Å². The number of hydrogen-bond donors (Lipinski definition) is 1. The summed E-state index contributed by atoms with van der Waals surface area (Å²) in [7, 11) is 0. The van der Waals surface area contributed by atoms with Crippen molar-refractivity contribution in [1.29, 1.82) is 0 Å². The molecule has 0 spiro atoms. The van der Waals surface area contributed by atoms with Gasteiger partial charge in [0.1, 0.15) is 11.9 Å². The third-order valence-corrected chi connectivity index (χ3v) is 3.93. The molecule has 1 aliphatic rings. The first-order valence-electron chi connectivity index (χ1n) is 6.91. The second-order valence-electron chi connectivity index (χ2n) is 5.44. The SMILES string of the molecule is CC1Cc2cc(C(N)Cc3cccc(Cl)c3)ccc2O1. The molecule has 2 N–H and O–H groups in total. The van der Waals surface area contributed by atoms with Gasteiger partial charge in [-0.25, -0.2) is 0 Å². The van der Waals surface area contributed by atoms with E-state index in [0.717, 1.165) is 34.7 Å². The number of ether oxygens (including phenoxy) is 1. The van der Waals surface area contributed by atoms with E-state index in [-0.39, 0.29) is 12.1 Å². The Bertz CT molecular complexity index is 626. The highest BCUT2D eigenvalue weighted by Crippen LogP contribution is 2.31. The third-order valence-electron chi connectivity index (χ3n) is 3.69. The van der Waals surface area contributed by atoms with Crippen molar-refractivity contribution in [2.24, 2.45) is 5.73 Å². The lowest BCUT2D eigenvalue weighted by Gasteiger charge is -2.13. The fourth-order valence-electron chi connectivity index (χ4n) is 2.71. The van der Waals surface area contributed by atoms with Crippen LogP contribution in [0.3, 0.4) is 0 Å². The number of halogens is 1. The van der Waals surface area contributed by atoms with E-state index >= 15 is 0 Å². The summed E-state index contributed by atoms with van der Waals surface area (Å²) < 4.78 is 5.72. The van der Waals surface area contributed by atoms with Crippen LogP contribution < -0.4 is 10.5 Å². The summed E-state index contributed by atoms with van der Waals surface area (Å²) in [5, 5.41) is 0.755. The average Bonchev–Trinajstić information content (AvgIpc) is 2.77. The van der Waals surface area contributed by atoms with Gasteiger partial charge >= 0.3 is 0 Å². The smallest absolute Gasteiger partial charge is 0.123 e. The largest absolute Gasteiger partial charge is 0.490 e. The van der Waals surface area contributed by atoms with E-state index in [1.54, 1.807) is 0 Å². The van der Waals surface area contributed by atoms with Gasteiger partial charge < -0.3 is 10.5 Å². The molecule has 2 atom stereocenters. The normalized spacial score (nSPS) is 18.4. The molecule has 0 aliphatic carbocycles. The number of benzene rings is 2. The molecule has 0 saturated carbocycles. The quantitative estimate of drug-likeness (QED) is 0.929. The molecule has 20 heavy (non-hydrogen) atoms. The van der Waals surface area contributed by atoms with Gasteiger partial charge in [0.2, 0.25) is 0 Å². The molecule has 104 valence electrons. The summed E-state index contributed by atoms with van der Waals surface area (Å²) in [5.41, 5.74) is 9.90. The fourth-order valence-corrected chi connectivity index (χ4v) is 2.92. The highest BCUT2D eigenvalue weighted by Gasteiger charge is 2.20. The topological polar surface area (TPSA) is 35.2 Å². The van der Waals surface area contributed by atoms with Gasteiger partial charge in [-0.05, 0) is 48.2 Å². The molecular formula is C17H18ClNO. The summed E-state index contributed by atoms with van der Waals surface area (Å²) in [6, 6.07) is 14.1. The summed E-state index contributed by atoms with van der Waals surface area (Å²) >= 11 is 6.01. The van der Waals surface area contributed by atoms with Crippen molar-refractivity contribution in [3.8, 4) is 5.75 Å². The van der Waals surface area contributed by atoms with E-state index in [9.17, 15) is 0 Å². The molecule has 2 aromatic carbocycles. The van der Waals surface area contributed by atoms with E-state index in [1.807, 2.05) is 24.3 Å². The van der Waals surface area contributed by atoms with Gasteiger partial charge in [-0.15, -0.1) is 0 Å². The highest BCUT2D eigenvalue weighted by molar-refractivity contribution is 6.30. The molecule has 0 amide bonds. The van der Waals surface area contributed by atoms with Crippen molar-refractivity contribution in [3.63, 3.8) is 0 Å². The minimum atomic E-state index is -0.0188. The van der Waals surface area contributed by atoms with Gasteiger partial charge in [0.05, 0.1) is 0 Å². The maximum absolute atomic E-state index is 6.32. The summed E-state index contributed by atoms with van der Waals surface area (Å²) in [6.45, 7) is 2.09. The Kier molecular flexibility index (Phi) is 3.68. The summed E-state index contributed by atoms with van der Waals surface area (Å²) in [6.07, 6.45) is 2.02. The van der Waals surface area contributed by atoms with Crippen LogP contribution >= 0.6 is 11.6 Å². The molecule has 3 heteroatoms. The van der Waals surface area contributed by atoms with E-state index in [1.165, 1.54) is 5.56 Å². The second kappa shape index (κ2) is 5.47. The van der Waals surface area contributed by atoms with Gasteiger partial charge in [0, 0.05) is 17.5 Å². The third kappa shape index (κ3) is 2.82. The predicted octanol–water partition coefficient (Wildman–Crippen LogP) is 3.91. The first-order chi connectivity index (χ1) is 9.61. The minimum absolute atomic E-state index is 0.0188. The minimum Gasteiger partial charge on any atom is -0.490 e. The van der Waals surface area contributed by atoms with Gasteiger partial charge in [-0.1, -0.05) is 35.9 Å². The van der Waals surface area contributed by atoms with Crippen molar-refractivity contribution in [2.75, 3.05) is 0 Å². The van der Waals surface area contributed by atoms with E-state index < -0.39 is 0 Å². The standard InChI is InChI=1S/C17H18ClNO/c1-11-7-14-10-13(5-6-17(14)20-11)16(19)9-12-3-2-4-15(18)8-12/h2-6,8,10-11,16H,7,9,19H2,1H3. The van der Waals surface area contributed by atoms with Crippen molar-refractivity contribution in [2.45, 2.75) is 31.9 Å². The van der Waals surface area contributed by atoms with Gasteiger partial charge in [0.25, 0.3) is 0 Å². The van der Waals surface area contributed by atoms with Crippen LogP contribution in [0.25, 0.3) is 0 Å². The molecule has 0 fully saturated rings. The maximum atomic E-state index is 6.32. The lowest BCUT2D eigenvalue weighted by Crippen LogP contribution is -2.13. The molecule has 0 radical (unpaired) electrons. The zero-order valence-corrected chi connectivity index (χ0v) is 12.2. The highest BCUT2D eigenvalue weighted by atomic mass is 35.5. The predicted molar refractivity (Wildman–Crippen MR) is 82.3 cm³/mol. The van der Waals surface area contributed by atoms with E-state index in [2.05, 4.69) is 25.1 Å². The Morgan fingerprint density at radius 2 is 2.15 bits per heavy atom. The average molecular weight is 288 g/mol. The fraction of sp³-hybridized carbons (Fsp3) is 0.294. The Balaban J connectivity index is 1.78. The number of fused-ring (bicyclic) bond motifs is 1. The van der Waals surface area contributed by atoms with Crippen LogP contribution in [0.15, 0.2) is 42.5 Å². The Labute approximate surface area is 124 Å². The molecule has 2 unspecified atom stereocenters. The monoisotopic (exact) mass is 287 g/mol. The maximum Gasteiger partial charge on any atom is 0.123 e. The van der Waals surface area contributed by atoms with Gasteiger partial charge in [-0.2, -0.15) is 0 Å². The summed E-state index contributed by atoms with van der Waals surface area (Å²) in [5.74, 6) is 0.996. The van der Waals surface area contributed by atoms with Crippen LogP contribution in [-0.2, 0) is 12.8 Å².